The summed E-state index contributed by atoms with van der Waals surface area (Å²) in [5.41, 5.74) is 1.29. The van der Waals surface area contributed by atoms with Gasteiger partial charge in [0.1, 0.15) is 5.82 Å². The molecule has 0 radical (unpaired) electrons. The van der Waals surface area contributed by atoms with Gasteiger partial charge in [-0.05, 0) is 42.9 Å². The highest BCUT2D eigenvalue weighted by Gasteiger charge is 2.42. The average Bonchev–Trinajstić information content (AvgIpc) is 3.08. The molecule has 1 aromatic carbocycles. The van der Waals surface area contributed by atoms with Gasteiger partial charge in [0, 0.05) is 19.0 Å². The molecule has 0 bridgehead atoms. The number of nitriles is 1. The topological polar surface area (TPSA) is 35.8 Å². The predicted octanol–water partition coefficient (Wildman–Crippen LogP) is 3.17. The number of nitrogens with zero attached hydrogens (tertiary/aromatic N) is 1. The average molecular weight is 232 g/mol. The van der Waals surface area contributed by atoms with Gasteiger partial charge in [-0.15, -0.1) is 0 Å². The molecule has 1 N–H and O–H groups in total. The molecule has 0 saturated heterocycles. The number of hydrogen-bond acceptors (Lipinski definition) is 2. The Hall–Kier alpha value is -1.40. The lowest BCUT2D eigenvalue weighted by molar-refractivity contribution is 0.432. The maximum atomic E-state index is 12.8. The Balaban J connectivity index is 1.87. The number of hydrogen-bond donors (Lipinski definition) is 1. The summed E-state index contributed by atoms with van der Waals surface area (Å²) in [5.74, 6) is -0.205. The van der Waals surface area contributed by atoms with Crippen LogP contribution in [0.5, 0.6) is 0 Å². The first-order valence-electron chi connectivity index (χ1n) is 6.01. The molecular weight excluding hydrogens is 215 g/mol. The van der Waals surface area contributed by atoms with Gasteiger partial charge in [-0.25, -0.2) is 4.39 Å². The van der Waals surface area contributed by atoms with Crippen LogP contribution in [-0.4, -0.2) is 6.54 Å². The number of halogens is 1. The van der Waals surface area contributed by atoms with Crippen molar-refractivity contribution in [2.45, 2.75) is 32.2 Å². The lowest BCUT2D eigenvalue weighted by Gasteiger charge is -2.18. The molecule has 90 valence electrons. The van der Waals surface area contributed by atoms with Crippen LogP contribution in [-0.2, 0) is 0 Å². The number of rotatable bonds is 5. The van der Waals surface area contributed by atoms with Gasteiger partial charge < -0.3 is 5.32 Å². The highest BCUT2D eigenvalue weighted by atomic mass is 19.1. The van der Waals surface area contributed by atoms with E-state index in [1.165, 1.54) is 12.1 Å². The van der Waals surface area contributed by atoms with Crippen molar-refractivity contribution >= 4 is 0 Å². The van der Waals surface area contributed by atoms with Crippen LogP contribution in [0.2, 0.25) is 0 Å². The molecule has 0 aromatic heterocycles. The van der Waals surface area contributed by atoms with Crippen LogP contribution in [0.4, 0.5) is 4.39 Å². The molecule has 2 rings (SSSR count). The summed E-state index contributed by atoms with van der Waals surface area (Å²) >= 11 is 0. The van der Waals surface area contributed by atoms with Crippen LogP contribution in [0, 0.1) is 22.6 Å². The van der Waals surface area contributed by atoms with E-state index < -0.39 is 0 Å². The van der Waals surface area contributed by atoms with Crippen molar-refractivity contribution in [1.29, 1.82) is 5.26 Å². The Kier molecular flexibility index (Phi) is 3.44. The van der Waals surface area contributed by atoms with E-state index in [0.717, 1.165) is 24.9 Å². The van der Waals surface area contributed by atoms with Gasteiger partial charge >= 0.3 is 0 Å². The third-order valence-electron chi connectivity index (χ3n) is 3.56. The van der Waals surface area contributed by atoms with Crippen molar-refractivity contribution in [3.63, 3.8) is 0 Å². The highest BCUT2D eigenvalue weighted by molar-refractivity contribution is 5.19. The Morgan fingerprint density at radius 1 is 1.41 bits per heavy atom. The van der Waals surface area contributed by atoms with Gasteiger partial charge in [-0.1, -0.05) is 12.1 Å². The highest BCUT2D eigenvalue weighted by Crippen LogP contribution is 2.48. The maximum absolute atomic E-state index is 12.8. The van der Waals surface area contributed by atoms with Gasteiger partial charge in [-0.3, -0.25) is 0 Å². The molecule has 1 fully saturated rings. The second-order valence-corrected chi connectivity index (χ2v) is 4.99. The minimum atomic E-state index is -0.205. The predicted molar refractivity (Wildman–Crippen MR) is 64.7 cm³/mol. The van der Waals surface area contributed by atoms with Crippen LogP contribution >= 0.6 is 0 Å². The van der Waals surface area contributed by atoms with Gasteiger partial charge in [0.05, 0.1) is 6.07 Å². The second kappa shape index (κ2) is 4.85. The van der Waals surface area contributed by atoms with E-state index in [2.05, 4.69) is 18.3 Å². The molecule has 2 nitrogen and oxygen atoms in total. The van der Waals surface area contributed by atoms with Gasteiger partial charge in [-0.2, -0.15) is 5.26 Å². The van der Waals surface area contributed by atoms with Crippen LogP contribution in [0.1, 0.15) is 37.8 Å². The first-order valence-corrected chi connectivity index (χ1v) is 6.01. The number of benzene rings is 1. The Labute approximate surface area is 101 Å². The van der Waals surface area contributed by atoms with Crippen LogP contribution in [0.15, 0.2) is 24.3 Å². The Bertz CT molecular complexity index is 415. The van der Waals surface area contributed by atoms with Crippen molar-refractivity contribution in [3.05, 3.63) is 35.6 Å². The quantitative estimate of drug-likeness (QED) is 0.846. The summed E-state index contributed by atoms with van der Waals surface area (Å²) in [6.07, 6.45) is 2.92. The first-order chi connectivity index (χ1) is 8.15. The first kappa shape index (κ1) is 12.1. The molecule has 0 amide bonds. The SMILES string of the molecule is C[C@@H](NCC1(CC#N)CC1)c1ccc(F)cc1. The van der Waals surface area contributed by atoms with Crippen molar-refractivity contribution in [2.75, 3.05) is 6.54 Å². The molecular formula is C14H17FN2. The van der Waals surface area contributed by atoms with E-state index in [1.54, 1.807) is 12.1 Å². The molecule has 0 aliphatic heterocycles. The summed E-state index contributed by atoms with van der Waals surface area (Å²) < 4.78 is 12.8. The van der Waals surface area contributed by atoms with Crippen molar-refractivity contribution < 1.29 is 4.39 Å². The minimum absolute atomic E-state index is 0.201. The summed E-state index contributed by atoms with van der Waals surface area (Å²) in [5, 5.41) is 12.2. The standard InChI is InChI=1S/C14H17FN2/c1-11(12-2-4-13(15)5-3-12)17-10-14(6-7-14)8-9-16/h2-5,11,17H,6-8,10H2,1H3/t11-/m1/s1. The van der Waals surface area contributed by atoms with Crippen molar-refractivity contribution in [2.24, 2.45) is 5.41 Å². The Morgan fingerprint density at radius 3 is 2.59 bits per heavy atom. The van der Waals surface area contributed by atoms with Gasteiger partial charge in [0.15, 0.2) is 0 Å². The molecule has 0 unspecified atom stereocenters. The summed E-state index contributed by atoms with van der Waals surface area (Å²) in [6.45, 7) is 2.94. The monoisotopic (exact) mass is 232 g/mol. The fraction of sp³-hybridized carbons (Fsp3) is 0.500. The lowest BCUT2D eigenvalue weighted by atomic mass is 10.0. The maximum Gasteiger partial charge on any atom is 0.123 e. The number of nitrogens with one attached hydrogen (secondary N) is 1. The third kappa shape index (κ3) is 3.04. The molecule has 1 aromatic rings. The molecule has 1 saturated carbocycles. The fourth-order valence-electron chi connectivity index (χ4n) is 2.00. The zero-order chi connectivity index (χ0) is 12.3. The molecule has 1 aliphatic carbocycles. The lowest BCUT2D eigenvalue weighted by Crippen LogP contribution is -2.26. The Morgan fingerprint density at radius 2 is 2.06 bits per heavy atom. The molecule has 1 atom stereocenters. The third-order valence-corrected chi connectivity index (χ3v) is 3.56. The second-order valence-electron chi connectivity index (χ2n) is 4.99. The van der Waals surface area contributed by atoms with E-state index >= 15 is 0 Å². The van der Waals surface area contributed by atoms with Gasteiger partial charge in [0.25, 0.3) is 0 Å². The van der Waals surface area contributed by atoms with E-state index in [4.69, 9.17) is 5.26 Å². The van der Waals surface area contributed by atoms with E-state index in [1.807, 2.05) is 0 Å². The molecule has 3 heteroatoms. The van der Waals surface area contributed by atoms with Crippen LogP contribution < -0.4 is 5.32 Å². The molecule has 1 aliphatic rings. The van der Waals surface area contributed by atoms with E-state index in [0.29, 0.717) is 6.42 Å². The summed E-state index contributed by atoms with van der Waals surface area (Å²) in [4.78, 5) is 0. The smallest absolute Gasteiger partial charge is 0.123 e. The van der Waals surface area contributed by atoms with Crippen molar-refractivity contribution in [1.82, 2.24) is 5.32 Å². The summed E-state index contributed by atoms with van der Waals surface area (Å²) in [7, 11) is 0. The largest absolute Gasteiger partial charge is 0.310 e. The molecule has 0 heterocycles. The van der Waals surface area contributed by atoms with Gasteiger partial charge in [0.2, 0.25) is 0 Å². The minimum Gasteiger partial charge on any atom is -0.310 e. The summed E-state index contributed by atoms with van der Waals surface area (Å²) in [6, 6.07) is 9.02. The van der Waals surface area contributed by atoms with E-state index in [9.17, 15) is 4.39 Å². The molecule has 17 heavy (non-hydrogen) atoms. The zero-order valence-corrected chi connectivity index (χ0v) is 10.0. The zero-order valence-electron chi connectivity index (χ0n) is 10.0. The normalized spacial score (nSPS) is 18.4. The van der Waals surface area contributed by atoms with Crippen LogP contribution in [0.25, 0.3) is 0 Å². The van der Waals surface area contributed by atoms with E-state index in [-0.39, 0.29) is 17.3 Å². The molecule has 0 spiro atoms. The fourth-order valence-corrected chi connectivity index (χ4v) is 2.00. The van der Waals surface area contributed by atoms with Crippen molar-refractivity contribution in [3.8, 4) is 6.07 Å². The van der Waals surface area contributed by atoms with Crippen LogP contribution in [0.3, 0.4) is 0 Å².